The second-order valence-electron chi connectivity index (χ2n) is 3.69. The molecular weight excluding hydrogens is 306 g/mol. The van der Waals surface area contributed by atoms with Crippen LogP contribution in [0.4, 0.5) is 0 Å². The first-order valence-corrected chi connectivity index (χ1v) is 7.92. The van der Waals surface area contributed by atoms with Gasteiger partial charge in [0, 0.05) is 11.4 Å². The molecule has 96 valence electrons. The van der Waals surface area contributed by atoms with Gasteiger partial charge in [0.25, 0.3) is 0 Å². The third kappa shape index (κ3) is 4.06. The minimum absolute atomic E-state index is 0.199. The van der Waals surface area contributed by atoms with Crippen molar-refractivity contribution in [2.75, 3.05) is 6.61 Å². The van der Waals surface area contributed by atoms with Crippen LogP contribution in [0.15, 0.2) is 29.2 Å². The molecule has 0 aromatic heterocycles. The van der Waals surface area contributed by atoms with Crippen LogP contribution in [0.5, 0.6) is 0 Å². The summed E-state index contributed by atoms with van der Waals surface area (Å²) in [6.07, 6.45) is 0.551. The van der Waals surface area contributed by atoms with Crippen molar-refractivity contribution >= 4 is 26.0 Å². The van der Waals surface area contributed by atoms with E-state index in [9.17, 15) is 8.42 Å². The van der Waals surface area contributed by atoms with Crippen LogP contribution >= 0.6 is 15.9 Å². The van der Waals surface area contributed by atoms with Gasteiger partial charge in [-0.05, 0) is 24.1 Å². The lowest BCUT2D eigenvalue weighted by Crippen LogP contribution is -2.36. The Hall–Kier alpha value is -0.430. The number of hydrogen-bond acceptors (Lipinski definition) is 3. The monoisotopic (exact) mass is 321 g/mol. The average Bonchev–Trinajstić information content (AvgIpc) is 2.36. The number of sulfonamides is 1. The summed E-state index contributed by atoms with van der Waals surface area (Å²) in [6, 6.07) is 6.19. The van der Waals surface area contributed by atoms with Gasteiger partial charge in [0.05, 0.1) is 11.5 Å². The van der Waals surface area contributed by atoms with E-state index >= 15 is 0 Å². The molecule has 0 bridgehead atoms. The predicted molar refractivity (Wildman–Crippen MR) is 70.6 cm³/mol. The third-order valence-corrected chi connectivity index (χ3v) is 4.61. The minimum Gasteiger partial charge on any atom is -0.395 e. The largest absolute Gasteiger partial charge is 0.395 e. The lowest BCUT2D eigenvalue weighted by atomic mass is 10.2. The molecule has 4 nitrogen and oxygen atoms in total. The molecule has 0 saturated heterocycles. The normalized spacial score (nSPS) is 13.6. The fourth-order valence-corrected chi connectivity index (χ4v) is 2.98. The molecule has 0 fully saturated rings. The molecule has 2 N–H and O–H groups in total. The first-order valence-electron chi connectivity index (χ1n) is 5.31. The number of hydrogen-bond donors (Lipinski definition) is 2. The zero-order chi connectivity index (χ0) is 12.9. The SMILES string of the molecule is CC[C@H](CO)NS(=O)(=O)c1ccc(CBr)cc1. The quantitative estimate of drug-likeness (QED) is 0.783. The number of aliphatic hydroxyl groups is 1. The van der Waals surface area contributed by atoms with Gasteiger partial charge in [-0.1, -0.05) is 35.0 Å². The molecule has 17 heavy (non-hydrogen) atoms. The molecule has 0 amide bonds. The summed E-state index contributed by atoms with van der Waals surface area (Å²) in [5, 5.41) is 9.67. The van der Waals surface area contributed by atoms with Gasteiger partial charge in [-0.25, -0.2) is 13.1 Å². The Kier molecular flexibility index (Phi) is 5.58. The maximum absolute atomic E-state index is 11.9. The summed E-state index contributed by atoms with van der Waals surface area (Å²) in [4.78, 5) is 0.217. The van der Waals surface area contributed by atoms with Crippen molar-refractivity contribution in [3.05, 3.63) is 29.8 Å². The van der Waals surface area contributed by atoms with E-state index in [1.54, 1.807) is 24.3 Å². The number of aliphatic hydroxyl groups excluding tert-OH is 1. The lowest BCUT2D eigenvalue weighted by molar-refractivity contribution is 0.254. The van der Waals surface area contributed by atoms with Crippen LogP contribution in [0.25, 0.3) is 0 Å². The summed E-state index contributed by atoms with van der Waals surface area (Å²) in [7, 11) is -3.53. The van der Waals surface area contributed by atoms with Gasteiger partial charge in [-0.15, -0.1) is 0 Å². The van der Waals surface area contributed by atoms with Crippen LogP contribution in [0.3, 0.4) is 0 Å². The fraction of sp³-hybridized carbons (Fsp3) is 0.455. The maximum Gasteiger partial charge on any atom is 0.240 e. The van der Waals surface area contributed by atoms with Crippen molar-refractivity contribution in [1.82, 2.24) is 4.72 Å². The number of halogens is 1. The van der Waals surface area contributed by atoms with Crippen molar-refractivity contribution in [2.45, 2.75) is 29.6 Å². The molecule has 1 atom stereocenters. The molecule has 0 radical (unpaired) electrons. The highest BCUT2D eigenvalue weighted by atomic mass is 79.9. The fourth-order valence-electron chi connectivity index (χ4n) is 1.29. The lowest BCUT2D eigenvalue weighted by Gasteiger charge is -2.14. The number of benzene rings is 1. The van der Waals surface area contributed by atoms with E-state index in [1.165, 1.54) is 0 Å². The Balaban J connectivity index is 2.89. The van der Waals surface area contributed by atoms with E-state index in [2.05, 4.69) is 20.7 Å². The summed E-state index contributed by atoms with van der Waals surface area (Å²) < 4.78 is 26.3. The Bertz CT molecular complexity index is 440. The van der Waals surface area contributed by atoms with Gasteiger partial charge in [-0.3, -0.25) is 0 Å². The molecule has 6 heteroatoms. The Labute approximate surface area is 110 Å². The van der Waals surface area contributed by atoms with E-state index < -0.39 is 16.1 Å². The zero-order valence-electron chi connectivity index (χ0n) is 9.56. The Morgan fingerprint density at radius 3 is 2.35 bits per heavy atom. The van der Waals surface area contributed by atoms with Gasteiger partial charge in [-0.2, -0.15) is 0 Å². The van der Waals surface area contributed by atoms with Crippen LogP contribution in [-0.4, -0.2) is 26.2 Å². The van der Waals surface area contributed by atoms with Gasteiger partial charge in [0.2, 0.25) is 10.0 Å². The highest BCUT2D eigenvalue weighted by Gasteiger charge is 2.18. The predicted octanol–water partition coefficient (Wildman–Crippen LogP) is 1.63. The Morgan fingerprint density at radius 2 is 1.94 bits per heavy atom. The Morgan fingerprint density at radius 1 is 1.35 bits per heavy atom. The molecule has 1 aromatic rings. The van der Waals surface area contributed by atoms with E-state index in [1.807, 2.05) is 6.92 Å². The standard InChI is InChI=1S/C11H16BrNO3S/c1-2-10(8-14)13-17(15,16)11-5-3-9(7-12)4-6-11/h3-6,10,13-14H,2,7-8H2,1H3/t10-/m1/s1. The second kappa shape index (κ2) is 6.49. The molecule has 0 aliphatic carbocycles. The van der Waals surface area contributed by atoms with Crippen LogP contribution in [0, 0.1) is 0 Å². The molecular formula is C11H16BrNO3S. The first kappa shape index (κ1) is 14.6. The molecule has 0 heterocycles. The molecule has 1 aromatic carbocycles. The van der Waals surface area contributed by atoms with Crippen molar-refractivity contribution in [3.63, 3.8) is 0 Å². The summed E-state index contributed by atoms with van der Waals surface area (Å²) in [6.45, 7) is 1.62. The van der Waals surface area contributed by atoms with Gasteiger partial charge < -0.3 is 5.11 Å². The van der Waals surface area contributed by atoms with Gasteiger partial charge >= 0.3 is 0 Å². The van der Waals surface area contributed by atoms with Crippen LogP contribution in [0.1, 0.15) is 18.9 Å². The van der Waals surface area contributed by atoms with Crippen molar-refractivity contribution < 1.29 is 13.5 Å². The van der Waals surface area contributed by atoms with Gasteiger partial charge in [0.15, 0.2) is 0 Å². The van der Waals surface area contributed by atoms with Crippen LogP contribution < -0.4 is 4.72 Å². The molecule has 1 rings (SSSR count). The smallest absolute Gasteiger partial charge is 0.240 e. The minimum atomic E-state index is -3.53. The van der Waals surface area contributed by atoms with E-state index in [0.29, 0.717) is 11.8 Å². The number of nitrogens with one attached hydrogen (secondary N) is 1. The molecule has 0 aliphatic rings. The van der Waals surface area contributed by atoms with Gasteiger partial charge in [0.1, 0.15) is 0 Å². The molecule has 0 aliphatic heterocycles. The number of alkyl halides is 1. The van der Waals surface area contributed by atoms with Crippen molar-refractivity contribution in [3.8, 4) is 0 Å². The second-order valence-corrected chi connectivity index (χ2v) is 5.96. The van der Waals surface area contributed by atoms with E-state index in [-0.39, 0.29) is 11.5 Å². The zero-order valence-corrected chi connectivity index (χ0v) is 12.0. The topological polar surface area (TPSA) is 66.4 Å². The molecule has 0 saturated carbocycles. The van der Waals surface area contributed by atoms with Crippen LogP contribution in [0.2, 0.25) is 0 Å². The summed E-state index contributed by atoms with van der Waals surface area (Å²) >= 11 is 3.30. The number of rotatable bonds is 6. The van der Waals surface area contributed by atoms with E-state index in [4.69, 9.17) is 5.11 Å². The molecule has 0 spiro atoms. The highest BCUT2D eigenvalue weighted by Crippen LogP contribution is 2.13. The first-order chi connectivity index (χ1) is 8.03. The van der Waals surface area contributed by atoms with Crippen LogP contribution in [-0.2, 0) is 15.4 Å². The highest BCUT2D eigenvalue weighted by molar-refractivity contribution is 9.08. The summed E-state index contributed by atoms with van der Waals surface area (Å²) in [5.74, 6) is 0. The molecule has 0 unspecified atom stereocenters. The van der Waals surface area contributed by atoms with Crippen molar-refractivity contribution in [1.29, 1.82) is 0 Å². The van der Waals surface area contributed by atoms with E-state index in [0.717, 1.165) is 5.56 Å². The summed E-state index contributed by atoms with van der Waals surface area (Å²) in [5.41, 5.74) is 1.01. The third-order valence-electron chi connectivity index (χ3n) is 2.42. The maximum atomic E-state index is 11.9. The average molecular weight is 322 g/mol. The van der Waals surface area contributed by atoms with Crippen molar-refractivity contribution in [2.24, 2.45) is 0 Å².